The molecular weight excluding hydrogens is 648 g/mol. The van der Waals surface area contributed by atoms with Gasteiger partial charge in [-0.15, -0.1) is 0 Å². The first kappa shape index (κ1) is 32.4. The van der Waals surface area contributed by atoms with Gasteiger partial charge in [-0.3, -0.25) is 0 Å². The molecule has 3 saturated carbocycles. The van der Waals surface area contributed by atoms with E-state index in [4.69, 9.17) is 24.1 Å². The Labute approximate surface area is 256 Å². The van der Waals surface area contributed by atoms with E-state index in [0.717, 1.165) is 22.6 Å². The number of halogens is 3. The van der Waals surface area contributed by atoms with Crippen LogP contribution in [0, 0.1) is 5.82 Å². The molecule has 1 N–H and O–H groups in total. The molecular formula is C33H48Cl2FNOPRu+. The molecule has 2 aromatic carbocycles. The molecule has 0 bridgehead atoms. The van der Waals surface area contributed by atoms with Crippen molar-refractivity contribution in [2.45, 2.75) is 120 Å². The van der Waals surface area contributed by atoms with Crippen LogP contribution < -0.4 is 10.1 Å². The SMILES string of the molecule is C1CCC([PH+](C2CCCCC2)C2CCCCC2)CC1.COc1ccc(NCc2ccc(F)cc2[CH]=[Ru]([Cl])[Cl])cc1. The summed E-state index contributed by atoms with van der Waals surface area (Å²) in [6.07, 6.45) is 23.8. The standard InChI is InChI=1S/C18H33P.C15H14FNO.2ClH.Ru/c1-4-10-16(11-5-1)19(17-12-6-2-7-13-17)18-14-8-3-9-15-18;1-11-9-13(16)4-3-12(11)10-17-14-5-7-15(18-2)8-6-14;;;/h16-18H,1-15H2;1,3-9,17H,10H2,2H3;2*1H;/q;;;;+2/p-1. The first-order chi connectivity index (χ1) is 19.5. The summed E-state index contributed by atoms with van der Waals surface area (Å²) in [6.45, 7) is 0.564. The van der Waals surface area contributed by atoms with Gasteiger partial charge in [-0.2, -0.15) is 0 Å². The topological polar surface area (TPSA) is 21.3 Å². The molecule has 0 aliphatic heterocycles. The molecule has 0 aromatic heterocycles. The van der Waals surface area contributed by atoms with Crippen LogP contribution in [0.4, 0.5) is 10.1 Å². The summed E-state index contributed by atoms with van der Waals surface area (Å²) in [4.78, 5) is 0. The Hall–Kier alpha value is -0.527. The van der Waals surface area contributed by atoms with Crippen LogP contribution in [0.25, 0.3) is 0 Å². The predicted octanol–water partition coefficient (Wildman–Crippen LogP) is 10.7. The summed E-state index contributed by atoms with van der Waals surface area (Å²) in [5, 5.41) is 3.28. The van der Waals surface area contributed by atoms with Gasteiger partial charge in [-0.05, 0) is 77.0 Å². The summed E-state index contributed by atoms with van der Waals surface area (Å²) in [5.41, 5.74) is 6.34. The summed E-state index contributed by atoms with van der Waals surface area (Å²) in [6, 6.07) is 12.2. The maximum absolute atomic E-state index is 13.3. The Morgan fingerprint density at radius 2 is 1.30 bits per heavy atom. The Morgan fingerprint density at radius 3 is 1.75 bits per heavy atom. The van der Waals surface area contributed by atoms with Crippen molar-refractivity contribution in [3.63, 3.8) is 0 Å². The van der Waals surface area contributed by atoms with Crippen LogP contribution in [0.3, 0.4) is 0 Å². The van der Waals surface area contributed by atoms with Gasteiger partial charge in [-0.1, -0.05) is 19.3 Å². The van der Waals surface area contributed by atoms with E-state index in [1.54, 1.807) is 114 Å². The molecule has 224 valence electrons. The monoisotopic (exact) mass is 696 g/mol. The summed E-state index contributed by atoms with van der Waals surface area (Å²) in [5.74, 6) is 0.507. The van der Waals surface area contributed by atoms with Gasteiger partial charge in [0.25, 0.3) is 0 Å². The zero-order valence-electron chi connectivity index (χ0n) is 24.1. The molecule has 0 unspecified atom stereocenters. The van der Waals surface area contributed by atoms with E-state index in [-0.39, 0.29) is 13.7 Å². The van der Waals surface area contributed by atoms with Crippen molar-refractivity contribution in [2.75, 3.05) is 12.4 Å². The van der Waals surface area contributed by atoms with Crippen molar-refractivity contribution >= 4 is 37.6 Å². The molecule has 0 radical (unpaired) electrons. The summed E-state index contributed by atoms with van der Waals surface area (Å²) < 4.78 is 20.2. The number of ether oxygens (including phenoxy) is 1. The molecule has 3 aliphatic carbocycles. The van der Waals surface area contributed by atoms with Crippen molar-refractivity contribution in [3.8, 4) is 5.75 Å². The molecule has 2 nitrogen and oxygen atoms in total. The molecule has 0 atom stereocenters. The number of benzene rings is 2. The fourth-order valence-electron chi connectivity index (χ4n) is 7.12. The minimum atomic E-state index is -1.99. The van der Waals surface area contributed by atoms with Crippen molar-refractivity contribution in [3.05, 3.63) is 59.4 Å². The van der Waals surface area contributed by atoms with Gasteiger partial charge < -0.3 is 0 Å². The van der Waals surface area contributed by atoms with Crippen LogP contribution in [-0.2, 0) is 20.1 Å². The van der Waals surface area contributed by atoms with E-state index in [2.05, 4.69) is 5.32 Å². The van der Waals surface area contributed by atoms with Gasteiger partial charge in [0.2, 0.25) is 0 Å². The number of anilines is 1. The quantitative estimate of drug-likeness (QED) is 0.219. The van der Waals surface area contributed by atoms with E-state index >= 15 is 0 Å². The first-order valence-electron chi connectivity index (χ1n) is 15.4. The van der Waals surface area contributed by atoms with Crippen LogP contribution in [-0.4, -0.2) is 28.7 Å². The van der Waals surface area contributed by atoms with Gasteiger partial charge in [-0.25, -0.2) is 0 Å². The number of methoxy groups -OCH3 is 1. The average Bonchev–Trinajstić information content (AvgIpc) is 2.99. The summed E-state index contributed by atoms with van der Waals surface area (Å²) >= 11 is -1.99. The fourth-order valence-corrected chi connectivity index (χ4v) is 14.2. The number of hydrogen-bond donors (Lipinski definition) is 1. The van der Waals surface area contributed by atoms with E-state index < -0.39 is 13.5 Å². The van der Waals surface area contributed by atoms with E-state index in [9.17, 15) is 4.39 Å². The Morgan fingerprint density at radius 1 is 0.800 bits per heavy atom. The molecule has 0 heterocycles. The zero-order chi connectivity index (χ0) is 28.2. The fraction of sp³-hybridized carbons (Fsp3) is 0.606. The van der Waals surface area contributed by atoms with Gasteiger partial charge in [0.1, 0.15) is 0 Å². The first-order valence-corrected chi connectivity index (χ1v) is 22.6. The van der Waals surface area contributed by atoms with Gasteiger partial charge in [0.05, 0.1) is 17.0 Å². The minimum absolute atomic E-state index is 0.0465. The molecule has 3 aliphatic rings. The van der Waals surface area contributed by atoms with E-state index in [1.165, 1.54) is 29.1 Å². The van der Waals surface area contributed by atoms with Crippen molar-refractivity contribution in [2.24, 2.45) is 0 Å². The van der Waals surface area contributed by atoms with Crippen LogP contribution in [0.5, 0.6) is 5.75 Å². The maximum atomic E-state index is 13.3. The molecule has 2 aromatic rings. The molecule has 40 heavy (non-hydrogen) atoms. The predicted molar refractivity (Wildman–Crippen MR) is 173 cm³/mol. The second kappa shape index (κ2) is 17.6. The second-order valence-corrected chi connectivity index (χ2v) is 20.9. The zero-order valence-corrected chi connectivity index (χ0v) is 28.3. The average molecular weight is 697 g/mol. The van der Waals surface area contributed by atoms with Crippen molar-refractivity contribution in [1.29, 1.82) is 0 Å². The third-order valence-corrected chi connectivity index (χ3v) is 15.5. The Bertz CT molecular complexity index is 1000. The molecule has 3 fully saturated rings. The van der Waals surface area contributed by atoms with Crippen LogP contribution in [0.1, 0.15) is 107 Å². The van der Waals surface area contributed by atoms with Crippen LogP contribution >= 0.6 is 27.3 Å². The molecule has 5 rings (SSSR count). The third kappa shape index (κ3) is 10.3. The van der Waals surface area contributed by atoms with E-state index in [0.29, 0.717) is 6.54 Å². The third-order valence-electron chi connectivity index (χ3n) is 9.10. The van der Waals surface area contributed by atoms with Crippen molar-refractivity contribution in [1.82, 2.24) is 0 Å². The van der Waals surface area contributed by atoms with Gasteiger partial charge >= 0.3 is 136 Å². The van der Waals surface area contributed by atoms with Crippen LogP contribution in [0.15, 0.2) is 42.5 Å². The van der Waals surface area contributed by atoms with Gasteiger partial charge in [0.15, 0.2) is 0 Å². The Kier molecular flexibility index (Phi) is 14.2. The molecule has 0 amide bonds. The molecule has 0 spiro atoms. The molecule has 0 saturated heterocycles. The Balaban J connectivity index is 0.000000186. The second-order valence-electron chi connectivity index (χ2n) is 11.7. The number of hydrogen-bond acceptors (Lipinski definition) is 2. The normalized spacial score (nSPS) is 19.5. The number of rotatable bonds is 8. The van der Waals surface area contributed by atoms with Crippen molar-refractivity contribution < 1.29 is 22.6 Å². The van der Waals surface area contributed by atoms with Crippen LogP contribution in [0.2, 0.25) is 0 Å². The van der Waals surface area contributed by atoms with Gasteiger partial charge in [0, 0.05) is 7.92 Å². The van der Waals surface area contributed by atoms with E-state index in [1.807, 2.05) is 24.3 Å². The summed E-state index contributed by atoms with van der Waals surface area (Å²) in [7, 11) is 13.3. The molecule has 7 heteroatoms. The number of nitrogens with one attached hydrogen (secondary N) is 1.